The molecule has 35 heavy (non-hydrogen) atoms. The number of fused-ring (bicyclic) bond motifs is 1. The minimum Gasteiger partial charge on any atom is -0.496 e. The first-order valence-electron chi connectivity index (χ1n) is 10.5. The molecule has 8 nitrogen and oxygen atoms in total. The summed E-state index contributed by atoms with van der Waals surface area (Å²) in [5, 5.41) is 0.571. The number of hydrogen-bond donors (Lipinski definition) is 1. The molecule has 0 atom stereocenters. The number of nitrogens with zero attached hydrogens (tertiary/aromatic N) is 3. The van der Waals surface area contributed by atoms with E-state index in [9.17, 15) is 13.2 Å². The maximum Gasteiger partial charge on any atom is 0.273 e. The largest absolute Gasteiger partial charge is 0.496 e. The zero-order valence-electron chi connectivity index (χ0n) is 19.3. The molecule has 0 bridgehead atoms. The van der Waals surface area contributed by atoms with Gasteiger partial charge in [-0.05, 0) is 36.4 Å². The topological polar surface area (TPSA) is 101 Å². The van der Waals surface area contributed by atoms with Gasteiger partial charge in [-0.2, -0.15) is 0 Å². The lowest BCUT2D eigenvalue weighted by Gasteiger charge is -2.17. The average molecular weight is 487 g/mol. The van der Waals surface area contributed by atoms with Crippen molar-refractivity contribution in [3.05, 3.63) is 78.2 Å². The standard InChI is InChI=1S/C26H22N4O4S/c1-5-17-18(14-16-28-25(17)26(31)30(2)3)19-9-6-7-11-21(19)29-35(32,33)23-13-12-22(34-4)20-10-8-15-27-24(20)23/h1,6-16,29H,2-4H3. The second-order valence-corrected chi connectivity index (χ2v) is 9.39. The second kappa shape index (κ2) is 9.44. The monoisotopic (exact) mass is 486 g/mol. The van der Waals surface area contributed by atoms with Crippen LogP contribution in [0.1, 0.15) is 16.1 Å². The number of pyridine rings is 2. The Bertz CT molecular complexity index is 1590. The summed E-state index contributed by atoms with van der Waals surface area (Å²) < 4.78 is 35.0. The van der Waals surface area contributed by atoms with Crippen molar-refractivity contribution in [3.63, 3.8) is 0 Å². The lowest BCUT2D eigenvalue weighted by Crippen LogP contribution is -2.24. The molecule has 0 aliphatic rings. The first-order valence-corrected chi connectivity index (χ1v) is 12.0. The summed E-state index contributed by atoms with van der Waals surface area (Å²) in [5.74, 6) is 2.71. The molecule has 0 saturated heterocycles. The van der Waals surface area contributed by atoms with Crippen molar-refractivity contribution < 1.29 is 17.9 Å². The quantitative estimate of drug-likeness (QED) is 0.416. The smallest absolute Gasteiger partial charge is 0.273 e. The number of terminal acetylenes is 1. The van der Waals surface area contributed by atoms with Crippen LogP contribution in [0.4, 0.5) is 5.69 Å². The number of carbonyl (C=O) groups excluding carboxylic acids is 1. The number of aromatic nitrogens is 2. The molecule has 9 heteroatoms. The summed E-state index contributed by atoms with van der Waals surface area (Å²) in [4.78, 5) is 22.4. The highest BCUT2D eigenvalue weighted by atomic mass is 32.2. The van der Waals surface area contributed by atoms with Crippen molar-refractivity contribution in [1.29, 1.82) is 0 Å². The first-order chi connectivity index (χ1) is 16.8. The Kier molecular flexibility index (Phi) is 6.40. The van der Waals surface area contributed by atoms with Crippen LogP contribution in [0.3, 0.4) is 0 Å². The number of carbonyl (C=O) groups is 1. The third-order valence-corrected chi connectivity index (χ3v) is 6.76. The Morgan fingerprint density at radius 2 is 1.77 bits per heavy atom. The van der Waals surface area contributed by atoms with Crippen molar-refractivity contribution in [3.8, 4) is 29.2 Å². The van der Waals surface area contributed by atoms with Gasteiger partial charge in [0.25, 0.3) is 15.9 Å². The van der Waals surface area contributed by atoms with Crippen LogP contribution in [0.5, 0.6) is 5.75 Å². The Hall–Kier alpha value is -4.42. The first kappa shape index (κ1) is 23.7. The van der Waals surface area contributed by atoms with Gasteiger partial charge in [0.05, 0.1) is 23.9 Å². The van der Waals surface area contributed by atoms with Crippen molar-refractivity contribution in [2.75, 3.05) is 25.9 Å². The van der Waals surface area contributed by atoms with E-state index in [1.807, 2.05) is 0 Å². The van der Waals surface area contributed by atoms with E-state index in [0.717, 1.165) is 0 Å². The van der Waals surface area contributed by atoms with E-state index in [1.165, 1.54) is 30.5 Å². The Labute approximate surface area is 203 Å². The molecule has 1 N–H and O–H groups in total. The fraction of sp³-hybridized carbons (Fsp3) is 0.115. The van der Waals surface area contributed by atoms with Gasteiger partial charge in [-0.25, -0.2) is 13.4 Å². The van der Waals surface area contributed by atoms with Gasteiger partial charge in [0.15, 0.2) is 0 Å². The molecule has 176 valence electrons. The van der Waals surface area contributed by atoms with E-state index in [-0.39, 0.29) is 27.6 Å². The number of amides is 1. The van der Waals surface area contributed by atoms with E-state index in [0.29, 0.717) is 28.0 Å². The molecule has 4 aromatic rings. The summed E-state index contributed by atoms with van der Waals surface area (Å²) in [6, 6.07) is 15.0. The molecule has 0 unspecified atom stereocenters. The third-order valence-electron chi connectivity index (χ3n) is 5.37. The maximum absolute atomic E-state index is 13.5. The summed E-state index contributed by atoms with van der Waals surface area (Å²) in [5.41, 5.74) is 1.96. The van der Waals surface area contributed by atoms with Crippen molar-refractivity contribution >= 4 is 32.5 Å². The number of anilines is 1. The van der Waals surface area contributed by atoms with Gasteiger partial charge in [-0.3, -0.25) is 14.5 Å². The number of ether oxygens (including phenoxy) is 1. The minimum atomic E-state index is -4.07. The number of para-hydroxylation sites is 1. The van der Waals surface area contributed by atoms with Crippen molar-refractivity contribution in [2.24, 2.45) is 0 Å². The van der Waals surface area contributed by atoms with Crippen molar-refractivity contribution in [1.82, 2.24) is 14.9 Å². The van der Waals surface area contributed by atoms with Gasteiger partial charge in [0, 0.05) is 43.0 Å². The minimum absolute atomic E-state index is 0.000852. The molecule has 2 aromatic carbocycles. The summed E-state index contributed by atoms with van der Waals surface area (Å²) in [6.07, 6.45) is 8.76. The fourth-order valence-corrected chi connectivity index (χ4v) is 4.97. The van der Waals surface area contributed by atoms with Crippen LogP contribution in [-0.4, -0.2) is 50.4 Å². The van der Waals surface area contributed by atoms with Gasteiger partial charge in [-0.15, -0.1) is 6.42 Å². The molecule has 0 radical (unpaired) electrons. The number of methoxy groups -OCH3 is 1. The second-order valence-electron chi connectivity index (χ2n) is 7.74. The van der Waals surface area contributed by atoms with Crippen LogP contribution in [-0.2, 0) is 10.0 Å². The summed E-state index contributed by atoms with van der Waals surface area (Å²) in [6.45, 7) is 0. The number of sulfonamides is 1. The molecule has 0 fully saturated rings. The van der Waals surface area contributed by atoms with Crippen LogP contribution < -0.4 is 9.46 Å². The van der Waals surface area contributed by atoms with E-state index >= 15 is 0 Å². The maximum atomic E-state index is 13.5. The van der Waals surface area contributed by atoms with Gasteiger partial charge in [0.2, 0.25) is 0 Å². The Morgan fingerprint density at radius 3 is 2.49 bits per heavy atom. The van der Waals surface area contributed by atoms with Crippen LogP contribution in [0.2, 0.25) is 0 Å². The molecule has 0 spiro atoms. The third kappa shape index (κ3) is 4.39. The molecular formula is C26H22N4O4S. The predicted molar refractivity (Wildman–Crippen MR) is 135 cm³/mol. The molecule has 2 aromatic heterocycles. The van der Waals surface area contributed by atoms with Gasteiger partial charge >= 0.3 is 0 Å². The van der Waals surface area contributed by atoms with Crippen LogP contribution in [0.25, 0.3) is 22.0 Å². The van der Waals surface area contributed by atoms with Gasteiger partial charge in [-0.1, -0.05) is 24.1 Å². The highest BCUT2D eigenvalue weighted by Gasteiger charge is 2.23. The van der Waals surface area contributed by atoms with E-state index in [2.05, 4.69) is 20.6 Å². The Balaban J connectivity index is 1.85. The van der Waals surface area contributed by atoms with Crippen LogP contribution in [0, 0.1) is 12.3 Å². The molecule has 0 saturated carbocycles. The highest BCUT2D eigenvalue weighted by Crippen LogP contribution is 2.35. The summed E-state index contributed by atoms with van der Waals surface area (Å²) in [7, 11) is 0.653. The molecule has 1 amide bonds. The summed E-state index contributed by atoms with van der Waals surface area (Å²) >= 11 is 0. The zero-order valence-corrected chi connectivity index (χ0v) is 20.1. The molecular weight excluding hydrogens is 464 g/mol. The number of rotatable bonds is 6. The normalized spacial score (nSPS) is 11.0. The average Bonchev–Trinajstić information content (AvgIpc) is 2.87. The van der Waals surface area contributed by atoms with Crippen molar-refractivity contribution in [2.45, 2.75) is 4.90 Å². The van der Waals surface area contributed by atoms with Crippen LogP contribution in [0.15, 0.2) is 71.9 Å². The number of nitrogens with one attached hydrogen (secondary N) is 1. The predicted octanol–water partition coefficient (Wildman–Crippen LogP) is 3.79. The molecule has 0 aliphatic heterocycles. The number of benzene rings is 2. The Morgan fingerprint density at radius 1 is 1.00 bits per heavy atom. The highest BCUT2D eigenvalue weighted by molar-refractivity contribution is 7.93. The van der Waals surface area contributed by atoms with Gasteiger partial charge in [0.1, 0.15) is 16.3 Å². The van der Waals surface area contributed by atoms with Crippen LogP contribution >= 0.6 is 0 Å². The number of hydrogen-bond acceptors (Lipinski definition) is 6. The van der Waals surface area contributed by atoms with E-state index < -0.39 is 10.0 Å². The molecule has 2 heterocycles. The van der Waals surface area contributed by atoms with E-state index in [1.54, 1.807) is 62.6 Å². The van der Waals surface area contributed by atoms with E-state index in [4.69, 9.17) is 11.2 Å². The zero-order chi connectivity index (χ0) is 25.2. The molecule has 0 aliphatic carbocycles. The lowest BCUT2D eigenvalue weighted by atomic mass is 9.97. The molecule has 4 rings (SSSR count). The lowest BCUT2D eigenvalue weighted by molar-refractivity contribution is 0.0821. The fourth-order valence-electron chi connectivity index (χ4n) is 3.73. The van der Waals surface area contributed by atoms with Gasteiger partial charge < -0.3 is 9.64 Å². The SMILES string of the molecule is C#Cc1c(-c2ccccc2NS(=O)(=O)c2ccc(OC)c3cccnc23)ccnc1C(=O)N(C)C.